The van der Waals surface area contributed by atoms with Crippen LogP contribution in [0.4, 0.5) is 24.8 Å². The summed E-state index contributed by atoms with van der Waals surface area (Å²) in [5.41, 5.74) is 0.154. The number of hydrogen-bond donors (Lipinski definition) is 2. The summed E-state index contributed by atoms with van der Waals surface area (Å²) < 4.78 is 43.9. The summed E-state index contributed by atoms with van der Waals surface area (Å²) in [6, 6.07) is 4.79. The van der Waals surface area contributed by atoms with Crippen LogP contribution in [0.3, 0.4) is 0 Å². The van der Waals surface area contributed by atoms with E-state index in [1.165, 1.54) is 16.8 Å². The minimum Gasteiger partial charge on any atom is -0.370 e. The molecule has 0 saturated carbocycles. The van der Waals surface area contributed by atoms with Gasteiger partial charge in [0.25, 0.3) is 0 Å². The Labute approximate surface area is 184 Å². The Morgan fingerprint density at radius 1 is 1.15 bits per heavy atom. The topological polar surface area (TPSA) is 97.6 Å². The van der Waals surface area contributed by atoms with E-state index in [9.17, 15) is 18.0 Å². The van der Waals surface area contributed by atoms with Crippen LogP contribution in [0.1, 0.15) is 24.5 Å². The number of nitrogens with one attached hydrogen (secondary N) is 2. The third-order valence-corrected chi connectivity index (χ3v) is 6.25. The number of carbonyl (C=O) groups excluding carboxylic acids is 1. The molecule has 2 aliphatic rings. The number of aromatic nitrogens is 5. The van der Waals surface area contributed by atoms with Gasteiger partial charge >= 0.3 is 0 Å². The van der Waals surface area contributed by atoms with Crippen LogP contribution in [0.15, 0.2) is 30.5 Å². The molecule has 5 heterocycles. The molecule has 2 aliphatic heterocycles. The van der Waals surface area contributed by atoms with Crippen LogP contribution in [0, 0.1) is 17.5 Å². The number of nitrogens with zero attached hydrogens (tertiary/aromatic N) is 5. The van der Waals surface area contributed by atoms with Gasteiger partial charge in [0.05, 0.1) is 29.1 Å². The second kappa shape index (κ2) is 6.74. The van der Waals surface area contributed by atoms with Gasteiger partial charge < -0.3 is 10.6 Å². The minimum absolute atomic E-state index is 0.132. The van der Waals surface area contributed by atoms with Crippen molar-refractivity contribution < 1.29 is 18.0 Å². The van der Waals surface area contributed by atoms with Crippen LogP contribution in [-0.2, 0) is 16.8 Å². The lowest BCUT2D eigenvalue weighted by Gasteiger charge is -2.28. The number of halogens is 3. The number of benzene rings is 1. The van der Waals surface area contributed by atoms with Gasteiger partial charge in [-0.05, 0) is 31.5 Å². The van der Waals surface area contributed by atoms with Crippen molar-refractivity contribution in [2.75, 3.05) is 17.2 Å². The average molecular weight is 451 g/mol. The summed E-state index contributed by atoms with van der Waals surface area (Å²) in [5.74, 6) is -1.24. The highest BCUT2D eigenvalue weighted by molar-refractivity contribution is 6.07. The average Bonchev–Trinajstić information content (AvgIpc) is 3.26. The largest absolute Gasteiger partial charge is 0.370 e. The first-order chi connectivity index (χ1) is 15.8. The standard InChI is InChI=1S/C22H16F3N7O/c1-22-5-6-26-17-15(22)18(30-21(22)33)29-19(28-17)16-11-7-10(23)8-27-20(11)32(31-16)9-12-13(24)3-2-4-14(12)25/h2-4,7-8H,5-6,9H2,1H3,(H2,26,28,29,30,33)/t22-/m0/s1. The SMILES string of the molecule is C[C@]12CCNc3nc(-c4nn(Cc5c(F)cccc5F)c5ncc(F)cc45)nc(c31)NC2=O. The lowest BCUT2D eigenvalue weighted by molar-refractivity contribution is -0.120. The maximum Gasteiger partial charge on any atom is 0.236 e. The summed E-state index contributed by atoms with van der Waals surface area (Å²) >= 11 is 0. The van der Waals surface area contributed by atoms with Gasteiger partial charge in [0.15, 0.2) is 11.5 Å². The Balaban J connectivity index is 1.54. The van der Waals surface area contributed by atoms with Crippen LogP contribution >= 0.6 is 0 Å². The van der Waals surface area contributed by atoms with Gasteiger partial charge in [0, 0.05) is 12.1 Å². The lowest BCUT2D eigenvalue weighted by Crippen LogP contribution is -2.36. The van der Waals surface area contributed by atoms with Crippen molar-refractivity contribution in [1.29, 1.82) is 0 Å². The predicted molar refractivity (Wildman–Crippen MR) is 113 cm³/mol. The highest BCUT2D eigenvalue weighted by Gasteiger charge is 2.48. The normalized spacial score (nSPS) is 18.8. The summed E-state index contributed by atoms with van der Waals surface area (Å²) in [4.78, 5) is 25.7. The summed E-state index contributed by atoms with van der Waals surface area (Å²) in [6.07, 6.45) is 1.60. The van der Waals surface area contributed by atoms with Crippen LogP contribution in [0.2, 0.25) is 0 Å². The minimum atomic E-state index is -0.730. The predicted octanol–water partition coefficient (Wildman–Crippen LogP) is 3.38. The van der Waals surface area contributed by atoms with Crippen LogP contribution < -0.4 is 10.6 Å². The van der Waals surface area contributed by atoms with Crippen molar-refractivity contribution in [3.63, 3.8) is 0 Å². The molecule has 2 N–H and O–H groups in total. The van der Waals surface area contributed by atoms with Crippen LogP contribution in [0.5, 0.6) is 0 Å². The number of amides is 1. The Morgan fingerprint density at radius 2 is 1.91 bits per heavy atom. The van der Waals surface area contributed by atoms with Crippen molar-refractivity contribution in [3.05, 3.63) is 59.0 Å². The first-order valence-electron chi connectivity index (χ1n) is 10.3. The van der Waals surface area contributed by atoms with E-state index in [0.717, 1.165) is 18.3 Å². The smallest absolute Gasteiger partial charge is 0.236 e. The third kappa shape index (κ3) is 2.81. The first kappa shape index (κ1) is 19.6. The molecule has 1 aromatic carbocycles. The van der Waals surface area contributed by atoms with E-state index < -0.39 is 22.9 Å². The van der Waals surface area contributed by atoms with Gasteiger partial charge in [-0.15, -0.1) is 0 Å². The van der Waals surface area contributed by atoms with E-state index in [-0.39, 0.29) is 40.6 Å². The Morgan fingerprint density at radius 3 is 2.70 bits per heavy atom. The summed E-state index contributed by atoms with van der Waals surface area (Å²) in [5, 5.41) is 10.7. The van der Waals surface area contributed by atoms with Crippen LogP contribution in [0.25, 0.3) is 22.6 Å². The van der Waals surface area contributed by atoms with E-state index in [4.69, 9.17) is 0 Å². The molecule has 0 radical (unpaired) electrons. The maximum atomic E-state index is 14.3. The van der Waals surface area contributed by atoms with Crippen molar-refractivity contribution in [1.82, 2.24) is 24.7 Å². The van der Waals surface area contributed by atoms with Gasteiger partial charge in [-0.3, -0.25) is 4.79 Å². The molecule has 1 atom stereocenters. The zero-order valence-electron chi connectivity index (χ0n) is 17.3. The molecule has 0 aliphatic carbocycles. The molecular weight excluding hydrogens is 435 g/mol. The molecular formula is C22H16F3N7O. The monoisotopic (exact) mass is 451 g/mol. The fraction of sp³-hybridized carbons (Fsp3) is 0.227. The zero-order chi connectivity index (χ0) is 22.9. The zero-order valence-corrected chi connectivity index (χ0v) is 17.3. The molecule has 3 aromatic heterocycles. The first-order valence-corrected chi connectivity index (χ1v) is 10.3. The third-order valence-electron chi connectivity index (χ3n) is 6.25. The van der Waals surface area contributed by atoms with Gasteiger partial charge in [-0.1, -0.05) is 6.07 Å². The molecule has 4 aromatic rings. The quantitative estimate of drug-likeness (QED) is 0.496. The molecule has 1 amide bonds. The fourth-order valence-corrected chi connectivity index (χ4v) is 4.48. The molecule has 11 heteroatoms. The molecule has 0 spiro atoms. The second-order valence-corrected chi connectivity index (χ2v) is 8.31. The Hall–Kier alpha value is -4.02. The molecule has 8 nitrogen and oxygen atoms in total. The summed E-state index contributed by atoms with van der Waals surface area (Å²) in [6.45, 7) is 2.12. The number of rotatable bonds is 3. The van der Waals surface area contributed by atoms with Gasteiger partial charge in [-0.25, -0.2) is 32.8 Å². The van der Waals surface area contributed by atoms with E-state index in [1.807, 2.05) is 6.92 Å². The molecule has 0 bridgehead atoms. The van der Waals surface area contributed by atoms with E-state index in [1.54, 1.807) is 0 Å². The number of carbonyl (C=O) groups is 1. The molecule has 6 rings (SSSR count). The number of pyridine rings is 1. The number of anilines is 2. The fourth-order valence-electron chi connectivity index (χ4n) is 4.48. The Bertz CT molecular complexity index is 1460. The Kier molecular flexibility index (Phi) is 4.01. The maximum absolute atomic E-state index is 14.3. The molecule has 0 saturated heterocycles. The second-order valence-electron chi connectivity index (χ2n) is 8.31. The van der Waals surface area contributed by atoms with Gasteiger partial charge in [0.1, 0.15) is 34.8 Å². The van der Waals surface area contributed by atoms with E-state index in [2.05, 4.69) is 30.7 Å². The van der Waals surface area contributed by atoms with Crippen molar-refractivity contribution in [3.8, 4) is 11.5 Å². The molecule has 33 heavy (non-hydrogen) atoms. The molecule has 0 unspecified atom stereocenters. The highest BCUT2D eigenvalue weighted by atomic mass is 19.1. The van der Waals surface area contributed by atoms with E-state index >= 15 is 0 Å². The van der Waals surface area contributed by atoms with Gasteiger partial charge in [-0.2, -0.15) is 5.10 Å². The van der Waals surface area contributed by atoms with E-state index in [0.29, 0.717) is 30.2 Å². The number of hydrogen-bond acceptors (Lipinski definition) is 6. The summed E-state index contributed by atoms with van der Waals surface area (Å²) in [7, 11) is 0. The molecule has 166 valence electrons. The highest BCUT2D eigenvalue weighted by Crippen LogP contribution is 2.46. The molecule has 0 fully saturated rings. The van der Waals surface area contributed by atoms with Crippen molar-refractivity contribution >= 4 is 28.6 Å². The van der Waals surface area contributed by atoms with Crippen molar-refractivity contribution in [2.24, 2.45) is 0 Å². The number of fused-ring (bicyclic) bond motifs is 1. The lowest BCUT2D eigenvalue weighted by atomic mass is 9.79. The van der Waals surface area contributed by atoms with Gasteiger partial charge in [0.2, 0.25) is 5.91 Å². The van der Waals surface area contributed by atoms with Crippen molar-refractivity contribution in [2.45, 2.75) is 25.3 Å². The van der Waals surface area contributed by atoms with Crippen LogP contribution in [-0.4, -0.2) is 37.2 Å².